The molecule has 5 nitrogen and oxygen atoms in total. The van der Waals surface area contributed by atoms with E-state index in [0.717, 1.165) is 11.1 Å². The van der Waals surface area contributed by atoms with Crippen LogP contribution in [0.3, 0.4) is 0 Å². The predicted octanol–water partition coefficient (Wildman–Crippen LogP) is 4.22. The summed E-state index contributed by atoms with van der Waals surface area (Å²) in [5, 5.41) is 0. The predicted molar refractivity (Wildman–Crippen MR) is 105 cm³/mol. The van der Waals surface area contributed by atoms with Crippen LogP contribution in [0.1, 0.15) is 22.8 Å². The molecule has 0 N–H and O–H groups in total. The molecule has 0 bridgehead atoms. The molecule has 3 rings (SSSR count). The molecule has 0 radical (unpaired) electrons. The highest BCUT2D eigenvalue weighted by Gasteiger charge is 2.23. The van der Waals surface area contributed by atoms with Crippen molar-refractivity contribution >= 4 is 16.4 Å². The monoisotopic (exact) mass is 396 g/mol. The van der Waals surface area contributed by atoms with Gasteiger partial charge in [-0.2, -0.15) is 8.42 Å². The second-order valence-electron chi connectivity index (χ2n) is 6.26. The van der Waals surface area contributed by atoms with Crippen molar-refractivity contribution in [1.29, 1.82) is 0 Å². The van der Waals surface area contributed by atoms with Crippen molar-refractivity contribution in [2.75, 3.05) is 0 Å². The normalized spacial score (nSPS) is 12.3. The lowest BCUT2D eigenvalue weighted by molar-refractivity contribution is -0.113. The highest BCUT2D eigenvalue weighted by molar-refractivity contribution is 7.86. The molecule has 0 aliphatic carbocycles. The highest BCUT2D eigenvalue weighted by atomic mass is 32.2. The molecule has 0 heterocycles. The van der Waals surface area contributed by atoms with Gasteiger partial charge in [-0.3, -0.25) is 4.18 Å². The van der Waals surface area contributed by atoms with E-state index in [4.69, 9.17) is 8.92 Å². The van der Waals surface area contributed by atoms with Gasteiger partial charge < -0.3 is 9.53 Å². The number of carbonyl (C=O) groups is 1. The summed E-state index contributed by atoms with van der Waals surface area (Å²) in [7, 11) is -4.06. The Morgan fingerprint density at radius 3 is 2.14 bits per heavy atom. The van der Waals surface area contributed by atoms with Crippen LogP contribution in [0.25, 0.3) is 0 Å². The van der Waals surface area contributed by atoms with Crippen LogP contribution >= 0.6 is 0 Å². The minimum atomic E-state index is -4.06. The number of rotatable bonds is 8. The number of aldehydes is 1. The van der Waals surface area contributed by atoms with Crippen LogP contribution in [0.5, 0.6) is 5.75 Å². The third-order valence-electron chi connectivity index (χ3n) is 4.12. The maximum Gasteiger partial charge on any atom is 0.297 e. The van der Waals surface area contributed by atoms with Crippen LogP contribution < -0.4 is 4.74 Å². The van der Waals surface area contributed by atoms with Gasteiger partial charge in [0, 0.05) is 0 Å². The van der Waals surface area contributed by atoms with Crippen LogP contribution in [0, 0.1) is 6.92 Å². The summed E-state index contributed by atoms with van der Waals surface area (Å²) in [6, 6.07) is 22.5. The first-order valence-electron chi connectivity index (χ1n) is 8.70. The molecule has 3 aromatic rings. The van der Waals surface area contributed by atoms with Gasteiger partial charge >= 0.3 is 0 Å². The molecular formula is C22H20O5S. The fourth-order valence-electron chi connectivity index (χ4n) is 2.55. The van der Waals surface area contributed by atoms with Crippen molar-refractivity contribution in [3.05, 3.63) is 95.6 Å². The molecule has 1 atom stereocenters. The number of carbonyl (C=O) groups excluding carboxylic acids is 1. The lowest BCUT2D eigenvalue weighted by atomic mass is 10.1. The van der Waals surface area contributed by atoms with E-state index in [0.29, 0.717) is 24.2 Å². The molecule has 0 aromatic heterocycles. The van der Waals surface area contributed by atoms with Gasteiger partial charge in [0.1, 0.15) is 12.4 Å². The van der Waals surface area contributed by atoms with Crippen LogP contribution in [0.4, 0.5) is 0 Å². The Bertz CT molecular complexity index is 1010. The first-order valence-corrected chi connectivity index (χ1v) is 10.1. The summed E-state index contributed by atoms with van der Waals surface area (Å²) >= 11 is 0. The summed E-state index contributed by atoms with van der Waals surface area (Å²) in [4.78, 5) is 11.5. The standard InChI is InChI=1S/C22H20O5S/c1-17-7-13-21(14-8-17)28(24,25)27-22(15-23)19-9-11-20(12-10-19)26-16-18-5-3-2-4-6-18/h2-15,22H,16H2,1H3. The van der Waals surface area contributed by atoms with Crippen molar-refractivity contribution in [1.82, 2.24) is 0 Å². The molecule has 1 unspecified atom stereocenters. The largest absolute Gasteiger partial charge is 0.489 e. The van der Waals surface area contributed by atoms with Gasteiger partial charge in [-0.25, -0.2) is 0 Å². The fourth-order valence-corrected chi connectivity index (χ4v) is 3.56. The number of benzene rings is 3. The molecule has 0 amide bonds. The third-order valence-corrected chi connectivity index (χ3v) is 5.43. The zero-order valence-electron chi connectivity index (χ0n) is 15.3. The van der Waals surface area contributed by atoms with Gasteiger partial charge in [-0.05, 0) is 42.3 Å². The average Bonchev–Trinajstić information content (AvgIpc) is 2.72. The maximum absolute atomic E-state index is 12.4. The molecule has 0 saturated carbocycles. The molecule has 0 aliphatic heterocycles. The van der Waals surface area contributed by atoms with Gasteiger partial charge in [0.25, 0.3) is 10.1 Å². The van der Waals surface area contributed by atoms with Crippen molar-refractivity contribution in [2.24, 2.45) is 0 Å². The van der Waals surface area contributed by atoms with Crippen molar-refractivity contribution in [3.8, 4) is 5.75 Å². The van der Waals surface area contributed by atoms with Crippen molar-refractivity contribution < 1.29 is 22.1 Å². The number of aryl methyl sites for hydroxylation is 1. The summed E-state index contributed by atoms with van der Waals surface area (Å²) < 4.78 is 35.6. The molecule has 28 heavy (non-hydrogen) atoms. The Kier molecular flexibility index (Phi) is 6.23. The van der Waals surface area contributed by atoms with Crippen molar-refractivity contribution in [3.63, 3.8) is 0 Å². The van der Waals surface area contributed by atoms with Crippen molar-refractivity contribution in [2.45, 2.75) is 24.5 Å². The molecular weight excluding hydrogens is 376 g/mol. The molecule has 0 spiro atoms. The van der Waals surface area contributed by atoms with E-state index in [9.17, 15) is 13.2 Å². The Labute approximate surface area is 164 Å². The van der Waals surface area contributed by atoms with Gasteiger partial charge in [0.05, 0.1) is 4.90 Å². The van der Waals surface area contributed by atoms with E-state index in [1.807, 2.05) is 37.3 Å². The maximum atomic E-state index is 12.4. The van der Waals surface area contributed by atoms with E-state index in [1.165, 1.54) is 12.1 Å². The minimum Gasteiger partial charge on any atom is -0.489 e. The molecule has 6 heteroatoms. The second-order valence-corrected chi connectivity index (χ2v) is 7.84. The topological polar surface area (TPSA) is 69.7 Å². The molecule has 0 fully saturated rings. The average molecular weight is 396 g/mol. The molecule has 144 valence electrons. The van der Waals surface area contributed by atoms with Crippen LogP contribution in [-0.4, -0.2) is 14.7 Å². The quantitative estimate of drug-likeness (QED) is 0.421. The lowest BCUT2D eigenvalue weighted by Crippen LogP contribution is -2.13. The van der Waals surface area contributed by atoms with E-state index in [-0.39, 0.29) is 4.90 Å². The van der Waals surface area contributed by atoms with Crippen LogP contribution in [0.15, 0.2) is 83.8 Å². The van der Waals surface area contributed by atoms with Gasteiger partial charge in [0.15, 0.2) is 12.4 Å². The van der Waals surface area contributed by atoms with Gasteiger partial charge in [0.2, 0.25) is 0 Å². The Hall–Kier alpha value is -2.96. The van der Waals surface area contributed by atoms with Crippen LogP contribution in [0.2, 0.25) is 0 Å². The minimum absolute atomic E-state index is 0.00719. The Morgan fingerprint density at radius 2 is 1.54 bits per heavy atom. The number of ether oxygens (including phenoxy) is 1. The molecule has 3 aromatic carbocycles. The summed E-state index contributed by atoms with van der Waals surface area (Å²) in [6.45, 7) is 2.27. The first kappa shape index (κ1) is 19.8. The lowest BCUT2D eigenvalue weighted by Gasteiger charge is -2.13. The van der Waals surface area contributed by atoms with E-state index in [2.05, 4.69) is 0 Å². The zero-order chi connectivity index (χ0) is 20.0. The Balaban J connectivity index is 1.68. The SMILES string of the molecule is Cc1ccc(S(=O)(=O)OC(C=O)c2ccc(OCc3ccccc3)cc2)cc1. The van der Waals surface area contributed by atoms with Gasteiger partial charge in [-0.15, -0.1) is 0 Å². The first-order chi connectivity index (χ1) is 13.5. The number of hydrogen-bond donors (Lipinski definition) is 0. The van der Waals surface area contributed by atoms with E-state index in [1.54, 1.807) is 36.4 Å². The zero-order valence-corrected chi connectivity index (χ0v) is 16.1. The Morgan fingerprint density at radius 1 is 0.893 bits per heavy atom. The molecule has 0 saturated heterocycles. The third kappa shape index (κ3) is 5.06. The molecule has 0 aliphatic rings. The smallest absolute Gasteiger partial charge is 0.297 e. The summed E-state index contributed by atoms with van der Waals surface area (Å²) in [6.07, 6.45) is -0.763. The second kappa shape index (κ2) is 8.82. The van der Waals surface area contributed by atoms with E-state index < -0.39 is 16.2 Å². The summed E-state index contributed by atoms with van der Waals surface area (Å²) in [5.41, 5.74) is 2.39. The van der Waals surface area contributed by atoms with Gasteiger partial charge in [-0.1, -0.05) is 60.2 Å². The van der Waals surface area contributed by atoms with E-state index >= 15 is 0 Å². The number of hydrogen-bond acceptors (Lipinski definition) is 5. The highest BCUT2D eigenvalue weighted by Crippen LogP contribution is 2.24. The van der Waals surface area contributed by atoms with Crippen LogP contribution in [-0.2, 0) is 25.7 Å². The fraction of sp³-hybridized carbons (Fsp3) is 0.136. The summed E-state index contributed by atoms with van der Waals surface area (Å²) in [5.74, 6) is 0.610.